The van der Waals surface area contributed by atoms with Gasteiger partial charge in [-0.05, 0) is 61.4 Å². The highest BCUT2D eigenvalue weighted by molar-refractivity contribution is 6.04. The van der Waals surface area contributed by atoms with Crippen LogP contribution >= 0.6 is 0 Å². The third-order valence-electron chi connectivity index (χ3n) is 3.78. The Balaban J connectivity index is 1.81. The lowest BCUT2D eigenvalue weighted by atomic mass is 10.1. The van der Waals surface area contributed by atoms with Crippen LogP contribution in [0, 0.1) is 25.2 Å². The van der Waals surface area contributed by atoms with E-state index >= 15 is 0 Å². The monoisotopic (exact) mass is 331 g/mol. The van der Waals surface area contributed by atoms with E-state index in [1.807, 2.05) is 32.0 Å². The van der Waals surface area contributed by atoms with E-state index < -0.39 is 0 Å². The number of nitrogens with one attached hydrogen (secondary N) is 1. The summed E-state index contributed by atoms with van der Waals surface area (Å²) >= 11 is 0. The number of hydrogen-bond donors (Lipinski definition) is 2. The van der Waals surface area contributed by atoms with E-state index in [1.165, 1.54) is 10.9 Å². The van der Waals surface area contributed by atoms with Gasteiger partial charge < -0.3 is 11.1 Å². The number of aromatic nitrogens is 2. The Labute approximate surface area is 145 Å². The topological polar surface area (TPSA) is 96.7 Å². The second kappa shape index (κ2) is 6.49. The molecule has 2 aromatic carbocycles. The molecule has 0 saturated carbocycles. The first-order valence-electron chi connectivity index (χ1n) is 7.71. The van der Waals surface area contributed by atoms with E-state index in [1.54, 1.807) is 24.3 Å². The Kier molecular flexibility index (Phi) is 4.23. The van der Waals surface area contributed by atoms with Crippen LogP contribution in [0.1, 0.15) is 27.0 Å². The number of nitrogens with two attached hydrogens (primary N) is 1. The molecule has 0 saturated heterocycles. The molecular weight excluding hydrogens is 314 g/mol. The molecule has 0 atom stereocenters. The summed E-state index contributed by atoms with van der Waals surface area (Å²) < 4.78 is 1.46. The summed E-state index contributed by atoms with van der Waals surface area (Å²) in [7, 11) is 0. The van der Waals surface area contributed by atoms with E-state index in [9.17, 15) is 4.79 Å². The zero-order valence-electron chi connectivity index (χ0n) is 13.9. The molecule has 3 rings (SSSR count). The lowest BCUT2D eigenvalue weighted by molar-refractivity contribution is 0.102. The summed E-state index contributed by atoms with van der Waals surface area (Å²) in [6, 6.07) is 14.7. The first-order valence-corrected chi connectivity index (χ1v) is 7.71. The standard InChI is InChI=1S/C19H17N5O/c1-12-7-13(2)9-16(8-12)23-19(25)14-3-5-17(6-4-14)24-18(21)15(10-20)11-22-24/h3-9,11H,21H2,1-2H3,(H,23,25). The van der Waals surface area contributed by atoms with Crippen molar-refractivity contribution in [2.75, 3.05) is 11.1 Å². The van der Waals surface area contributed by atoms with Crippen molar-refractivity contribution < 1.29 is 4.79 Å². The van der Waals surface area contributed by atoms with Gasteiger partial charge in [-0.15, -0.1) is 0 Å². The molecule has 0 aliphatic carbocycles. The number of rotatable bonds is 3. The molecule has 0 aliphatic rings. The fraction of sp³-hybridized carbons (Fsp3) is 0.105. The van der Waals surface area contributed by atoms with Gasteiger partial charge in [-0.25, -0.2) is 4.68 Å². The van der Waals surface area contributed by atoms with Gasteiger partial charge in [0.1, 0.15) is 17.5 Å². The van der Waals surface area contributed by atoms with E-state index in [-0.39, 0.29) is 11.7 Å². The van der Waals surface area contributed by atoms with Crippen molar-refractivity contribution in [3.05, 3.63) is 70.9 Å². The molecule has 3 N–H and O–H groups in total. The van der Waals surface area contributed by atoms with Crippen LogP contribution in [0.3, 0.4) is 0 Å². The molecule has 0 bridgehead atoms. The average Bonchev–Trinajstić information content (AvgIpc) is 2.94. The number of amides is 1. The number of anilines is 2. The smallest absolute Gasteiger partial charge is 0.255 e. The maximum atomic E-state index is 12.4. The Morgan fingerprint density at radius 1 is 1.16 bits per heavy atom. The van der Waals surface area contributed by atoms with Crippen molar-refractivity contribution in [2.45, 2.75) is 13.8 Å². The molecular formula is C19H17N5O. The van der Waals surface area contributed by atoms with Crippen LogP contribution in [-0.2, 0) is 0 Å². The molecule has 1 amide bonds. The van der Waals surface area contributed by atoms with Crippen LogP contribution in [0.15, 0.2) is 48.7 Å². The second-order valence-electron chi connectivity index (χ2n) is 5.84. The summed E-state index contributed by atoms with van der Waals surface area (Å²) in [5.41, 5.74) is 10.3. The number of aryl methyl sites for hydroxylation is 2. The number of nitrogens with zero attached hydrogens (tertiary/aromatic N) is 3. The molecule has 0 spiro atoms. The van der Waals surface area contributed by atoms with Crippen molar-refractivity contribution in [1.82, 2.24) is 9.78 Å². The molecule has 0 radical (unpaired) electrons. The molecule has 0 unspecified atom stereocenters. The molecule has 1 heterocycles. The maximum Gasteiger partial charge on any atom is 0.255 e. The Bertz CT molecular complexity index is 960. The number of carbonyl (C=O) groups is 1. The quantitative estimate of drug-likeness (QED) is 0.770. The summed E-state index contributed by atoms with van der Waals surface area (Å²) in [5.74, 6) is 0.0811. The summed E-state index contributed by atoms with van der Waals surface area (Å²) in [6.45, 7) is 3.98. The second-order valence-corrected chi connectivity index (χ2v) is 5.84. The fourth-order valence-corrected chi connectivity index (χ4v) is 2.65. The van der Waals surface area contributed by atoms with Crippen LogP contribution in [-0.4, -0.2) is 15.7 Å². The predicted octanol–water partition coefficient (Wildman–Crippen LogP) is 3.20. The van der Waals surface area contributed by atoms with Crippen LogP contribution in [0.4, 0.5) is 11.5 Å². The Hall–Kier alpha value is -3.59. The van der Waals surface area contributed by atoms with Crippen LogP contribution < -0.4 is 11.1 Å². The van der Waals surface area contributed by atoms with Crippen LogP contribution in [0.2, 0.25) is 0 Å². The van der Waals surface area contributed by atoms with E-state index in [0.717, 1.165) is 16.8 Å². The molecule has 0 aliphatic heterocycles. The molecule has 124 valence electrons. The summed E-state index contributed by atoms with van der Waals surface area (Å²) in [5, 5.41) is 15.9. The normalized spacial score (nSPS) is 10.3. The van der Waals surface area contributed by atoms with Crippen molar-refractivity contribution in [3.63, 3.8) is 0 Å². The molecule has 1 aromatic heterocycles. The molecule has 0 fully saturated rings. The molecule has 25 heavy (non-hydrogen) atoms. The van der Waals surface area contributed by atoms with E-state index in [4.69, 9.17) is 11.0 Å². The lowest BCUT2D eigenvalue weighted by Gasteiger charge is -2.09. The zero-order valence-corrected chi connectivity index (χ0v) is 13.9. The highest BCUT2D eigenvalue weighted by atomic mass is 16.1. The van der Waals surface area contributed by atoms with Gasteiger partial charge in [-0.2, -0.15) is 10.4 Å². The number of hydrogen-bond acceptors (Lipinski definition) is 4. The fourth-order valence-electron chi connectivity index (χ4n) is 2.65. The van der Waals surface area contributed by atoms with Crippen LogP contribution in [0.25, 0.3) is 5.69 Å². The van der Waals surface area contributed by atoms with Gasteiger partial charge in [-0.1, -0.05) is 6.07 Å². The number of nitrogen functional groups attached to an aromatic ring is 1. The van der Waals surface area contributed by atoms with E-state index in [2.05, 4.69) is 16.5 Å². The number of benzene rings is 2. The van der Waals surface area contributed by atoms with Crippen molar-refractivity contribution >= 4 is 17.4 Å². The summed E-state index contributed by atoms with van der Waals surface area (Å²) in [6.07, 6.45) is 1.41. The van der Waals surface area contributed by atoms with Crippen molar-refractivity contribution in [3.8, 4) is 11.8 Å². The largest absolute Gasteiger partial charge is 0.382 e. The minimum absolute atomic E-state index is 0.192. The van der Waals surface area contributed by atoms with Crippen LogP contribution in [0.5, 0.6) is 0 Å². The average molecular weight is 331 g/mol. The van der Waals surface area contributed by atoms with Gasteiger partial charge in [0.25, 0.3) is 5.91 Å². The zero-order chi connectivity index (χ0) is 18.0. The maximum absolute atomic E-state index is 12.4. The SMILES string of the molecule is Cc1cc(C)cc(NC(=O)c2ccc(-n3ncc(C#N)c3N)cc2)c1. The minimum atomic E-state index is -0.192. The minimum Gasteiger partial charge on any atom is -0.382 e. The van der Waals surface area contributed by atoms with Gasteiger partial charge in [0, 0.05) is 11.3 Å². The Morgan fingerprint density at radius 3 is 2.36 bits per heavy atom. The Morgan fingerprint density at radius 2 is 1.80 bits per heavy atom. The first-order chi connectivity index (χ1) is 12.0. The predicted molar refractivity (Wildman–Crippen MR) is 96.6 cm³/mol. The van der Waals surface area contributed by atoms with Gasteiger partial charge >= 0.3 is 0 Å². The third kappa shape index (κ3) is 3.35. The van der Waals surface area contributed by atoms with Gasteiger partial charge in [0.2, 0.25) is 0 Å². The first kappa shape index (κ1) is 16.3. The third-order valence-corrected chi connectivity index (χ3v) is 3.78. The van der Waals surface area contributed by atoms with Gasteiger partial charge in [0.05, 0.1) is 11.9 Å². The highest BCUT2D eigenvalue weighted by Gasteiger charge is 2.10. The lowest BCUT2D eigenvalue weighted by Crippen LogP contribution is -2.12. The molecule has 3 aromatic rings. The number of carbonyl (C=O) groups excluding carboxylic acids is 1. The van der Waals surface area contributed by atoms with Crippen molar-refractivity contribution in [1.29, 1.82) is 5.26 Å². The van der Waals surface area contributed by atoms with Crippen molar-refractivity contribution in [2.24, 2.45) is 0 Å². The molecule has 6 nitrogen and oxygen atoms in total. The number of nitriles is 1. The van der Waals surface area contributed by atoms with Gasteiger partial charge in [0.15, 0.2) is 0 Å². The summed E-state index contributed by atoms with van der Waals surface area (Å²) in [4.78, 5) is 12.4. The molecule has 6 heteroatoms. The van der Waals surface area contributed by atoms with E-state index in [0.29, 0.717) is 16.8 Å². The highest BCUT2D eigenvalue weighted by Crippen LogP contribution is 2.18. The van der Waals surface area contributed by atoms with Gasteiger partial charge in [-0.3, -0.25) is 4.79 Å².